The molecule has 0 aliphatic rings. The summed E-state index contributed by atoms with van der Waals surface area (Å²) in [4.78, 5) is 8.99. The average Bonchev–Trinajstić information content (AvgIpc) is 2.46. The summed E-state index contributed by atoms with van der Waals surface area (Å²) in [7, 11) is 0. The highest BCUT2D eigenvalue weighted by molar-refractivity contribution is 5.48. The Labute approximate surface area is 125 Å². The summed E-state index contributed by atoms with van der Waals surface area (Å²) in [6, 6.07) is 9.98. The molecule has 0 amide bonds. The van der Waals surface area contributed by atoms with E-state index in [2.05, 4.69) is 36.2 Å². The summed E-state index contributed by atoms with van der Waals surface area (Å²) in [5.41, 5.74) is 4.34. The van der Waals surface area contributed by atoms with Gasteiger partial charge in [0.05, 0.1) is 5.56 Å². The monoisotopic (exact) mass is 286 g/mol. The average molecular weight is 286 g/mol. The zero-order valence-electron chi connectivity index (χ0n) is 13.0. The number of nitrogen functional groups attached to an aromatic ring is 1. The van der Waals surface area contributed by atoms with Crippen LogP contribution in [0.2, 0.25) is 0 Å². The Bertz CT molecular complexity index is 606. The van der Waals surface area contributed by atoms with Crippen LogP contribution in [0, 0.1) is 6.92 Å². The summed E-state index contributed by atoms with van der Waals surface area (Å²) in [6.07, 6.45) is 0. The summed E-state index contributed by atoms with van der Waals surface area (Å²) in [5, 5.41) is 0. The van der Waals surface area contributed by atoms with Crippen molar-refractivity contribution >= 4 is 5.82 Å². The number of benzene rings is 1. The minimum absolute atomic E-state index is 0.176. The predicted molar refractivity (Wildman–Crippen MR) is 84.1 cm³/mol. The van der Waals surface area contributed by atoms with Crippen LogP contribution >= 0.6 is 0 Å². The summed E-state index contributed by atoms with van der Waals surface area (Å²) in [5.74, 6) is 7.40. The van der Waals surface area contributed by atoms with Crippen LogP contribution in [0.25, 0.3) is 0 Å². The fourth-order valence-electron chi connectivity index (χ4n) is 1.84. The maximum atomic E-state index is 5.85. The van der Waals surface area contributed by atoms with Crippen LogP contribution in [0.15, 0.2) is 30.3 Å². The first-order valence-electron chi connectivity index (χ1n) is 6.94. The van der Waals surface area contributed by atoms with Gasteiger partial charge in [-0.05, 0) is 12.5 Å². The van der Waals surface area contributed by atoms with Crippen LogP contribution in [-0.2, 0) is 12.0 Å². The van der Waals surface area contributed by atoms with Gasteiger partial charge in [-0.25, -0.2) is 10.8 Å². The molecule has 2 rings (SSSR count). The fraction of sp³-hybridized carbons (Fsp3) is 0.375. The highest BCUT2D eigenvalue weighted by Gasteiger charge is 2.21. The number of nitrogens with zero attached hydrogens (tertiary/aromatic N) is 2. The Kier molecular flexibility index (Phi) is 4.43. The normalized spacial score (nSPS) is 11.3. The van der Waals surface area contributed by atoms with Crippen LogP contribution in [0.5, 0.6) is 5.88 Å². The van der Waals surface area contributed by atoms with Gasteiger partial charge >= 0.3 is 0 Å². The van der Waals surface area contributed by atoms with Crippen LogP contribution in [0.1, 0.15) is 37.7 Å². The molecule has 0 saturated carbocycles. The lowest BCUT2D eigenvalue weighted by atomic mass is 9.95. The van der Waals surface area contributed by atoms with Crippen LogP contribution < -0.4 is 16.0 Å². The lowest BCUT2D eigenvalue weighted by Gasteiger charge is -2.20. The maximum absolute atomic E-state index is 5.85. The number of aromatic nitrogens is 2. The Morgan fingerprint density at radius 3 is 2.38 bits per heavy atom. The van der Waals surface area contributed by atoms with Crippen LogP contribution in [-0.4, -0.2) is 9.97 Å². The molecule has 0 saturated heterocycles. The van der Waals surface area contributed by atoms with E-state index >= 15 is 0 Å². The molecule has 0 atom stereocenters. The summed E-state index contributed by atoms with van der Waals surface area (Å²) < 4.78 is 5.85. The van der Waals surface area contributed by atoms with E-state index in [0.717, 1.165) is 11.1 Å². The second kappa shape index (κ2) is 6.10. The van der Waals surface area contributed by atoms with Gasteiger partial charge in [-0.1, -0.05) is 51.1 Å². The second-order valence-electron chi connectivity index (χ2n) is 5.99. The molecule has 0 unspecified atom stereocenters. The fourth-order valence-corrected chi connectivity index (χ4v) is 1.84. The SMILES string of the molecule is Cc1c(NN)nc(C(C)(C)C)nc1OCc1ccccc1. The Morgan fingerprint density at radius 2 is 1.81 bits per heavy atom. The van der Waals surface area contributed by atoms with Gasteiger partial charge in [0.15, 0.2) is 5.82 Å². The van der Waals surface area contributed by atoms with Crippen molar-refractivity contribution in [2.45, 2.75) is 39.7 Å². The molecular weight excluding hydrogens is 264 g/mol. The van der Waals surface area contributed by atoms with Crippen molar-refractivity contribution < 1.29 is 4.74 Å². The predicted octanol–water partition coefficient (Wildman–Crippen LogP) is 2.95. The number of hydrazine groups is 1. The molecule has 1 aromatic carbocycles. The van der Waals surface area contributed by atoms with Gasteiger partial charge in [-0.15, -0.1) is 0 Å². The molecule has 2 aromatic rings. The number of anilines is 1. The minimum Gasteiger partial charge on any atom is -0.472 e. The molecule has 0 fully saturated rings. The van der Waals surface area contributed by atoms with E-state index in [4.69, 9.17) is 10.6 Å². The Morgan fingerprint density at radius 1 is 1.14 bits per heavy atom. The Balaban J connectivity index is 2.29. The van der Waals surface area contributed by atoms with Crippen LogP contribution in [0.4, 0.5) is 5.82 Å². The molecule has 0 aliphatic heterocycles. The standard InChI is InChI=1S/C16H22N4O/c1-11-13(20-17)18-15(16(2,3)4)19-14(11)21-10-12-8-6-5-7-9-12/h5-9H,10,17H2,1-4H3,(H,18,19,20). The molecule has 1 heterocycles. The number of rotatable bonds is 4. The van der Waals surface area contributed by atoms with Gasteiger partial charge in [-0.3, -0.25) is 0 Å². The van der Waals surface area contributed by atoms with E-state index in [1.807, 2.05) is 37.3 Å². The molecule has 0 aliphatic carbocycles. The number of hydrogen-bond acceptors (Lipinski definition) is 5. The van der Waals surface area contributed by atoms with Gasteiger partial charge < -0.3 is 10.2 Å². The zero-order chi connectivity index (χ0) is 15.5. The van der Waals surface area contributed by atoms with Gasteiger partial charge in [0.25, 0.3) is 0 Å². The number of nitrogens with one attached hydrogen (secondary N) is 1. The van der Waals surface area contributed by atoms with Gasteiger partial charge in [0, 0.05) is 5.41 Å². The van der Waals surface area contributed by atoms with Crippen molar-refractivity contribution in [1.82, 2.24) is 9.97 Å². The molecule has 5 nitrogen and oxygen atoms in total. The lowest BCUT2D eigenvalue weighted by molar-refractivity contribution is 0.288. The maximum Gasteiger partial charge on any atom is 0.222 e. The highest BCUT2D eigenvalue weighted by Crippen LogP contribution is 2.27. The van der Waals surface area contributed by atoms with Crippen molar-refractivity contribution in [3.63, 3.8) is 0 Å². The van der Waals surface area contributed by atoms with E-state index in [-0.39, 0.29) is 5.41 Å². The topological polar surface area (TPSA) is 73.1 Å². The van der Waals surface area contributed by atoms with Gasteiger partial charge in [0.1, 0.15) is 12.4 Å². The quantitative estimate of drug-likeness (QED) is 0.668. The smallest absolute Gasteiger partial charge is 0.222 e. The second-order valence-corrected chi connectivity index (χ2v) is 5.99. The first-order chi connectivity index (χ1) is 9.91. The van der Waals surface area contributed by atoms with E-state index in [9.17, 15) is 0 Å². The van der Waals surface area contributed by atoms with Crippen molar-refractivity contribution in [2.75, 3.05) is 5.43 Å². The largest absolute Gasteiger partial charge is 0.472 e. The molecular formula is C16H22N4O. The van der Waals surface area contributed by atoms with Crippen molar-refractivity contribution in [3.8, 4) is 5.88 Å². The third-order valence-electron chi connectivity index (χ3n) is 3.13. The Hall–Kier alpha value is -2.14. The molecule has 5 heteroatoms. The highest BCUT2D eigenvalue weighted by atomic mass is 16.5. The molecule has 0 bridgehead atoms. The van der Waals surface area contributed by atoms with Crippen molar-refractivity contribution in [1.29, 1.82) is 0 Å². The molecule has 21 heavy (non-hydrogen) atoms. The molecule has 112 valence electrons. The molecule has 0 spiro atoms. The molecule has 3 N–H and O–H groups in total. The molecule has 0 radical (unpaired) electrons. The minimum atomic E-state index is -0.176. The van der Waals surface area contributed by atoms with E-state index < -0.39 is 0 Å². The summed E-state index contributed by atoms with van der Waals surface area (Å²) >= 11 is 0. The first-order valence-corrected chi connectivity index (χ1v) is 6.94. The third kappa shape index (κ3) is 3.70. The van der Waals surface area contributed by atoms with Crippen LogP contribution in [0.3, 0.4) is 0 Å². The molecule has 1 aromatic heterocycles. The third-order valence-corrected chi connectivity index (χ3v) is 3.13. The van der Waals surface area contributed by atoms with E-state index in [1.54, 1.807) is 0 Å². The lowest BCUT2D eigenvalue weighted by Crippen LogP contribution is -2.20. The first kappa shape index (κ1) is 15.3. The van der Waals surface area contributed by atoms with Gasteiger partial charge in [0.2, 0.25) is 5.88 Å². The van der Waals surface area contributed by atoms with Crippen molar-refractivity contribution in [3.05, 3.63) is 47.3 Å². The zero-order valence-corrected chi connectivity index (χ0v) is 13.0. The van der Waals surface area contributed by atoms with Gasteiger partial charge in [-0.2, -0.15) is 4.98 Å². The number of ether oxygens (including phenoxy) is 1. The van der Waals surface area contributed by atoms with Crippen molar-refractivity contribution in [2.24, 2.45) is 5.84 Å². The summed E-state index contributed by atoms with van der Waals surface area (Å²) in [6.45, 7) is 8.52. The number of hydrogen-bond donors (Lipinski definition) is 2. The van der Waals surface area contributed by atoms with E-state index in [1.165, 1.54) is 0 Å². The van der Waals surface area contributed by atoms with E-state index in [0.29, 0.717) is 24.1 Å². The number of nitrogens with two attached hydrogens (primary N) is 1.